The number of carbonyl (C=O) groups is 2. The van der Waals surface area contributed by atoms with Crippen LogP contribution in [0.4, 0.5) is 5.69 Å². The van der Waals surface area contributed by atoms with Crippen molar-refractivity contribution < 1.29 is 23.7 Å². The maximum atomic E-state index is 12.3. The normalized spacial score (nSPS) is 12.9. The molecule has 0 fully saturated rings. The Morgan fingerprint density at radius 1 is 1.29 bits per heavy atom. The van der Waals surface area contributed by atoms with E-state index < -0.39 is 31.2 Å². The zero-order valence-corrected chi connectivity index (χ0v) is 18.4. The van der Waals surface area contributed by atoms with Gasteiger partial charge in [-0.1, -0.05) is 32.9 Å². The number of ether oxygens (including phenoxy) is 1. The quantitative estimate of drug-likeness (QED) is 0.290. The van der Waals surface area contributed by atoms with E-state index in [1.54, 1.807) is 6.07 Å². The first kappa shape index (κ1) is 23.8. The monoisotopic (exact) mass is 410 g/mol. The van der Waals surface area contributed by atoms with Gasteiger partial charge < -0.3 is 14.5 Å². The number of esters is 1. The van der Waals surface area contributed by atoms with Crippen molar-refractivity contribution in [1.82, 2.24) is 5.32 Å². The van der Waals surface area contributed by atoms with Crippen molar-refractivity contribution in [1.29, 1.82) is 0 Å². The molecule has 9 heteroatoms. The molecular weight excluding hydrogens is 380 g/mol. The first-order valence-electron chi connectivity index (χ1n) is 9.12. The Kier molecular flexibility index (Phi) is 8.31. The molecule has 0 radical (unpaired) electrons. The Morgan fingerprint density at radius 3 is 2.46 bits per heavy atom. The third-order valence-electron chi connectivity index (χ3n) is 4.98. The molecule has 8 nitrogen and oxygen atoms in total. The largest absolute Gasteiger partial charge is 0.467 e. The number of nitro groups is 1. The van der Waals surface area contributed by atoms with Gasteiger partial charge in [-0.15, -0.1) is 0 Å². The van der Waals surface area contributed by atoms with E-state index in [0.717, 1.165) is 0 Å². The van der Waals surface area contributed by atoms with E-state index in [1.807, 2.05) is 0 Å². The molecule has 0 spiro atoms. The van der Waals surface area contributed by atoms with E-state index >= 15 is 0 Å². The van der Waals surface area contributed by atoms with Gasteiger partial charge in [-0.25, -0.2) is 4.79 Å². The second-order valence-electron chi connectivity index (χ2n) is 8.14. The van der Waals surface area contributed by atoms with Crippen LogP contribution in [-0.2, 0) is 25.2 Å². The van der Waals surface area contributed by atoms with E-state index in [4.69, 9.17) is 9.16 Å². The molecule has 0 aliphatic heterocycles. The van der Waals surface area contributed by atoms with Crippen LogP contribution in [0, 0.1) is 10.1 Å². The summed E-state index contributed by atoms with van der Waals surface area (Å²) in [6.07, 6.45) is 0.220. The summed E-state index contributed by atoms with van der Waals surface area (Å²) in [4.78, 5) is 34.7. The van der Waals surface area contributed by atoms with Crippen LogP contribution in [-0.4, -0.2) is 44.9 Å². The molecule has 28 heavy (non-hydrogen) atoms. The molecule has 156 valence electrons. The van der Waals surface area contributed by atoms with Crippen molar-refractivity contribution in [3.05, 3.63) is 39.9 Å². The Bertz CT molecular complexity index is 715. The molecule has 0 heterocycles. The van der Waals surface area contributed by atoms with Gasteiger partial charge in [0.15, 0.2) is 8.32 Å². The highest BCUT2D eigenvalue weighted by Crippen LogP contribution is 2.36. The molecule has 1 N–H and O–H groups in total. The van der Waals surface area contributed by atoms with Crippen LogP contribution < -0.4 is 5.32 Å². The van der Waals surface area contributed by atoms with Crippen LogP contribution in [0.2, 0.25) is 18.1 Å². The van der Waals surface area contributed by atoms with Gasteiger partial charge >= 0.3 is 5.97 Å². The molecule has 1 rings (SSSR count). The number of hydrogen-bond donors (Lipinski definition) is 1. The van der Waals surface area contributed by atoms with E-state index in [0.29, 0.717) is 18.6 Å². The van der Waals surface area contributed by atoms with Crippen LogP contribution in [0.25, 0.3) is 0 Å². The minimum atomic E-state index is -1.96. The number of rotatable bonds is 9. The zero-order chi connectivity index (χ0) is 21.5. The highest BCUT2D eigenvalue weighted by atomic mass is 28.4. The maximum Gasteiger partial charge on any atom is 0.328 e. The number of methoxy groups -OCH3 is 1. The molecule has 1 aromatic carbocycles. The first-order chi connectivity index (χ1) is 12.9. The molecule has 0 bridgehead atoms. The smallest absolute Gasteiger partial charge is 0.328 e. The number of nitro benzene ring substituents is 1. The van der Waals surface area contributed by atoms with Crippen LogP contribution >= 0.6 is 0 Å². The molecular formula is C19H30N2O6Si. The van der Waals surface area contributed by atoms with Crippen molar-refractivity contribution in [2.75, 3.05) is 13.7 Å². The summed E-state index contributed by atoms with van der Waals surface area (Å²) in [5, 5.41) is 13.5. The van der Waals surface area contributed by atoms with Gasteiger partial charge in [-0.3, -0.25) is 14.9 Å². The zero-order valence-electron chi connectivity index (χ0n) is 17.4. The van der Waals surface area contributed by atoms with Gasteiger partial charge in [0, 0.05) is 25.2 Å². The Hall–Kier alpha value is -2.26. The Balaban J connectivity index is 2.71. The topological polar surface area (TPSA) is 108 Å². The summed E-state index contributed by atoms with van der Waals surface area (Å²) in [6.45, 7) is 10.9. The lowest BCUT2D eigenvalue weighted by Crippen LogP contribution is -2.45. The van der Waals surface area contributed by atoms with Gasteiger partial charge in [0.1, 0.15) is 6.04 Å². The van der Waals surface area contributed by atoms with Gasteiger partial charge in [0.25, 0.3) is 5.69 Å². The predicted molar refractivity (Wildman–Crippen MR) is 109 cm³/mol. The molecule has 0 aliphatic rings. The number of amides is 1. The lowest BCUT2D eigenvalue weighted by Gasteiger charge is -2.36. The summed E-state index contributed by atoms with van der Waals surface area (Å²) in [5.41, 5.74) is 0.408. The highest BCUT2D eigenvalue weighted by Gasteiger charge is 2.37. The molecule has 1 atom stereocenters. The summed E-state index contributed by atoms with van der Waals surface area (Å²) in [5.74, 6) is -0.963. The number of nitrogens with zero attached hydrogens (tertiary/aromatic N) is 1. The van der Waals surface area contributed by atoms with Crippen LogP contribution in [0.5, 0.6) is 0 Å². The summed E-state index contributed by atoms with van der Waals surface area (Å²) < 4.78 is 10.8. The second-order valence-corrected chi connectivity index (χ2v) is 13.0. The van der Waals surface area contributed by atoms with Crippen LogP contribution in [0.3, 0.4) is 0 Å². The van der Waals surface area contributed by atoms with E-state index in [9.17, 15) is 19.7 Å². The van der Waals surface area contributed by atoms with Crippen molar-refractivity contribution >= 4 is 25.9 Å². The van der Waals surface area contributed by atoms with Crippen LogP contribution in [0.15, 0.2) is 24.3 Å². The maximum absolute atomic E-state index is 12.3. The first-order valence-corrected chi connectivity index (χ1v) is 12.0. The van der Waals surface area contributed by atoms with Crippen molar-refractivity contribution in [2.45, 2.75) is 57.8 Å². The standard InChI is InChI=1S/C19H30N2O6Si/c1-19(2,3)28(5,6)27-11-10-16(18(23)26-4)20-17(22)13-14-8-7-9-15(12-14)21(24)25/h7-9,12,16H,10-11,13H2,1-6H3,(H,20,22)/t16-/m1/s1. The average molecular weight is 411 g/mol. The number of nitrogens with one attached hydrogen (secondary N) is 1. The molecule has 0 aromatic heterocycles. The van der Waals surface area contributed by atoms with Gasteiger partial charge in [0.2, 0.25) is 5.91 Å². The Morgan fingerprint density at radius 2 is 1.93 bits per heavy atom. The van der Waals surface area contributed by atoms with E-state index in [-0.39, 0.29) is 17.1 Å². The average Bonchev–Trinajstić information content (AvgIpc) is 2.59. The fourth-order valence-electron chi connectivity index (χ4n) is 2.25. The Labute approximate surface area is 166 Å². The van der Waals surface area contributed by atoms with Crippen LogP contribution in [0.1, 0.15) is 32.8 Å². The molecule has 0 unspecified atom stereocenters. The third-order valence-corrected chi connectivity index (χ3v) is 9.52. The van der Waals surface area contributed by atoms with Crippen molar-refractivity contribution in [2.24, 2.45) is 0 Å². The lowest BCUT2D eigenvalue weighted by atomic mass is 10.1. The van der Waals surface area contributed by atoms with Gasteiger partial charge in [-0.2, -0.15) is 0 Å². The van der Waals surface area contributed by atoms with Crippen molar-refractivity contribution in [3.8, 4) is 0 Å². The van der Waals surface area contributed by atoms with Crippen molar-refractivity contribution in [3.63, 3.8) is 0 Å². The minimum absolute atomic E-state index is 0.0407. The minimum Gasteiger partial charge on any atom is -0.467 e. The number of non-ortho nitro benzene ring substituents is 1. The second kappa shape index (κ2) is 9.79. The van der Waals surface area contributed by atoms with Gasteiger partial charge in [-0.05, 0) is 23.7 Å². The van der Waals surface area contributed by atoms with E-state index in [1.165, 1.54) is 25.3 Å². The lowest BCUT2D eigenvalue weighted by molar-refractivity contribution is -0.384. The molecule has 0 saturated heterocycles. The number of carbonyl (C=O) groups excluding carboxylic acids is 2. The number of benzene rings is 1. The van der Waals surface area contributed by atoms with Gasteiger partial charge in [0.05, 0.1) is 18.5 Å². The molecule has 1 aromatic rings. The fourth-order valence-corrected chi connectivity index (χ4v) is 3.31. The number of hydrogen-bond acceptors (Lipinski definition) is 6. The van der Waals surface area contributed by atoms with E-state index in [2.05, 4.69) is 39.2 Å². The fraction of sp³-hybridized carbons (Fsp3) is 0.579. The molecule has 0 aliphatic carbocycles. The SMILES string of the molecule is COC(=O)[C@@H](CCO[Si](C)(C)C(C)(C)C)NC(=O)Cc1cccc([N+](=O)[O-])c1. The summed E-state index contributed by atoms with van der Waals surface area (Å²) in [7, 11) is -0.703. The highest BCUT2D eigenvalue weighted by molar-refractivity contribution is 6.74. The molecule has 1 amide bonds. The summed E-state index contributed by atoms with van der Waals surface area (Å²) >= 11 is 0. The third kappa shape index (κ3) is 7.04. The molecule has 0 saturated carbocycles. The predicted octanol–water partition coefficient (Wildman–Crippen LogP) is 3.21. The summed E-state index contributed by atoms with van der Waals surface area (Å²) in [6, 6.07) is 5.01.